The molecule has 0 aliphatic rings. The highest BCUT2D eigenvalue weighted by Crippen LogP contribution is 2.13. The average molecular weight is 310 g/mol. The van der Waals surface area contributed by atoms with Crippen LogP contribution in [0.5, 0.6) is 0 Å². The minimum atomic E-state index is -1.24. The van der Waals surface area contributed by atoms with Crippen LogP contribution in [0.1, 0.15) is 16.2 Å². The van der Waals surface area contributed by atoms with Crippen molar-refractivity contribution < 1.29 is 14.7 Å². The summed E-state index contributed by atoms with van der Waals surface area (Å²) in [6, 6.07) is 6.57. The number of hydrogen-bond donors (Lipinski definition) is 3. The molecule has 21 heavy (non-hydrogen) atoms. The number of amides is 1. The van der Waals surface area contributed by atoms with Crippen molar-refractivity contribution in [2.24, 2.45) is 5.73 Å². The summed E-state index contributed by atoms with van der Waals surface area (Å²) in [6.07, 6.45) is 0. The predicted octanol–water partition coefficient (Wildman–Crippen LogP) is 0.727. The lowest BCUT2D eigenvalue weighted by molar-refractivity contribution is -0.117. The SMILES string of the molecule is NCc1c(C(=O)O)nnn1CC(=O)Nc1ccc(Cl)cc1. The summed E-state index contributed by atoms with van der Waals surface area (Å²) in [5.74, 6) is -1.62. The van der Waals surface area contributed by atoms with Gasteiger partial charge in [0.25, 0.3) is 0 Å². The molecule has 0 spiro atoms. The number of nitrogens with two attached hydrogens (primary N) is 1. The zero-order chi connectivity index (χ0) is 15.4. The summed E-state index contributed by atoms with van der Waals surface area (Å²) in [7, 11) is 0. The molecule has 0 bridgehead atoms. The third-order valence-corrected chi connectivity index (χ3v) is 2.91. The lowest BCUT2D eigenvalue weighted by Crippen LogP contribution is -2.22. The van der Waals surface area contributed by atoms with Crippen LogP contribution in [0.2, 0.25) is 5.02 Å². The van der Waals surface area contributed by atoms with Gasteiger partial charge in [-0.3, -0.25) is 4.79 Å². The first-order chi connectivity index (χ1) is 10.0. The number of rotatable bonds is 5. The number of hydrogen-bond acceptors (Lipinski definition) is 5. The van der Waals surface area contributed by atoms with Crippen molar-refractivity contribution in [3.63, 3.8) is 0 Å². The van der Waals surface area contributed by atoms with E-state index >= 15 is 0 Å². The molecule has 0 saturated carbocycles. The van der Waals surface area contributed by atoms with Crippen LogP contribution >= 0.6 is 11.6 Å². The summed E-state index contributed by atoms with van der Waals surface area (Å²) < 4.78 is 1.16. The lowest BCUT2D eigenvalue weighted by atomic mass is 10.3. The number of carboxylic acid groups (broad SMARTS) is 1. The van der Waals surface area contributed by atoms with E-state index in [1.54, 1.807) is 24.3 Å². The van der Waals surface area contributed by atoms with Crippen molar-refractivity contribution in [1.29, 1.82) is 0 Å². The second-order valence-electron chi connectivity index (χ2n) is 4.11. The van der Waals surface area contributed by atoms with Crippen LogP contribution < -0.4 is 11.1 Å². The van der Waals surface area contributed by atoms with E-state index in [1.807, 2.05) is 0 Å². The number of anilines is 1. The molecule has 2 aromatic rings. The fourth-order valence-corrected chi connectivity index (χ4v) is 1.82. The molecule has 1 aromatic heterocycles. The van der Waals surface area contributed by atoms with Gasteiger partial charge in [-0.2, -0.15) is 0 Å². The van der Waals surface area contributed by atoms with E-state index in [-0.39, 0.29) is 30.4 Å². The number of aromatic nitrogens is 3. The van der Waals surface area contributed by atoms with E-state index in [4.69, 9.17) is 22.4 Å². The highest BCUT2D eigenvalue weighted by molar-refractivity contribution is 6.30. The Bertz CT molecular complexity index is 668. The number of carbonyl (C=O) groups excluding carboxylic acids is 1. The number of carbonyl (C=O) groups is 2. The van der Waals surface area contributed by atoms with E-state index in [9.17, 15) is 9.59 Å². The number of aromatic carboxylic acids is 1. The van der Waals surface area contributed by atoms with Crippen molar-refractivity contribution in [1.82, 2.24) is 15.0 Å². The summed E-state index contributed by atoms with van der Waals surface area (Å²) >= 11 is 5.75. The number of halogens is 1. The zero-order valence-corrected chi connectivity index (χ0v) is 11.5. The highest BCUT2D eigenvalue weighted by Gasteiger charge is 2.19. The van der Waals surface area contributed by atoms with E-state index in [0.29, 0.717) is 10.7 Å². The first-order valence-electron chi connectivity index (χ1n) is 5.92. The molecule has 0 atom stereocenters. The molecule has 0 unspecified atom stereocenters. The van der Waals surface area contributed by atoms with Gasteiger partial charge in [-0.1, -0.05) is 16.8 Å². The summed E-state index contributed by atoms with van der Waals surface area (Å²) in [4.78, 5) is 22.8. The van der Waals surface area contributed by atoms with Crippen molar-refractivity contribution in [2.45, 2.75) is 13.1 Å². The number of nitrogens with zero attached hydrogens (tertiary/aromatic N) is 3. The molecule has 1 aromatic carbocycles. The summed E-state index contributed by atoms with van der Waals surface area (Å²) in [5, 5.41) is 19.2. The van der Waals surface area contributed by atoms with Gasteiger partial charge < -0.3 is 16.2 Å². The molecule has 9 heteroatoms. The van der Waals surface area contributed by atoms with Gasteiger partial charge in [-0.25, -0.2) is 9.48 Å². The molecule has 0 saturated heterocycles. The van der Waals surface area contributed by atoms with Crippen molar-refractivity contribution in [3.05, 3.63) is 40.7 Å². The van der Waals surface area contributed by atoms with E-state index in [2.05, 4.69) is 15.6 Å². The molecule has 2 rings (SSSR count). The van der Waals surface area contributed by atoms with Crippen LogP contribution in [0.15, 0.2) is 24.3 Å². The van der Waals surface area contributed by atoms with E-state index < -0.39 is 5.97 Å². The zero-order valence-electron chi connectivity index (χ0n) is 10.8. The van der Waals surface area contributed by atoms with Gasteiger partial charge >= 0.3 is 5.97 Å². The predicted molar refractivity (Wildman–Crippen MR) is 75.0 cm³/mol. The van der Waals surface area contributed by atoms with Gasteiger partial charge in [-0.05, 0) is 24.3 Å². The minimum Gasteiger partial charge on any atom is -0.476 e. The van der Waals surface area contributed by atoms with Crippen molar-refractivity contribution in [3.8, 4) is 0 Å². The standard InChI is InChI=1S/C12H12ClN5O3/c13-7-1-3-8(4-2-7)15-10(19)6-18-9(5-14)11(12(20)21)16-17-18/h1-4H,5-6,14H2,(H,15,19)(H,20,21). The second kappa shape index (κ2) is 6.33. The fraction of sp³-hybridized carbons (Fsp3) is 0.167. The van der Waals surface area contributed by atoms with Gasteiger partial charge in [0.1, 0.15) is 6.54 Å². The Morgan fingerprint density at radius 2 is 2.00 bits per heavy atom. The van der Waals surface area contributed by atoms with E-state index in [1.165, 1.54) is 0 Å². The lowest BCUT2D eigenvalue weighted by Gasteiger charge is -2.07. The van der Waals surface area contributed by atoms with Crippen LogP contribution in [0, 0.1) is 0 Å². The second-order valence-corrected chi connectivity index (χ2v) is 4.54. The molecule has 1 heterocycles. The number of benzene rings is 1. The highest BCUT2D eigenvalue weighted by atomic mass is 35.5. The van der Waals surface area contributed by atoms with Gasteiger partial charge in [0.2, 0.25) is 5.91 Å². The molecular formula is C12H12ClN5O3. The monoisotopic (exact) mass is 309 g/mol. The first kappa shape index (κ1) is 14.9. The van der Waals surface area contributed by atoms with Crippen LogP contribution in [0.3, 0.4) is 0 Å². The third-order valence-electron chi connectivity index (χ3n) is 2.65. The van der Waals surface area contributed by atoms with Crippen molar-refractivity contribution in [2.75, 3.05) is 5.32 Å². The Balaban J connectivity index is 2.09. The van der Waals surface area contributed by atoms with Gasteiger partial charge in [0.15, 0.2) is 5.69 Å². The Morgan fingerprint density at radius 3 is 2.57 bits per heavy atom. The molecule has 0 aliphatic heterocycles. The number of carboxylic acids is 1. The smallest absolute Gasteiger partial charge is 0.358 e. The maximum atomic E-state index is 11.9. The molecule has 0 radical (unpaired) electrons. The Hall–Kier alpha value is -2.45. The van der Waals surface area contributed by atoms with Crippen LogP contribution in [0.4, 0.5) is 5.69 Å². The summed E-state index contributed by atoms with van der Waals surface area (Å²) in [6.45, 7) is -0.266. The van der Waals surface area contributed by atoms with Gasteiger partial charge in [0, 0.05) is 17.3 Å². The molecule has 110 valence electrons. The topological polar surface area (TPSA) is 123 Å². The molecule has 8 nitrogen and oxygen atoms in total. The fourth-order valence-electron chi connectivity index (χ4n) is 1.70. The Kier molecular flexibility index (Phi) is 4.51. The number of nitrogens with one attached hydrogen (secondary N) is 1. The largest absolute Gasteiger partial charge is 0.476 e. The Morgan fingerprint density at radius 1 is 1.33 bits per heavy atom. The van der Waals surface area contributed by atoms with Crippen molar-refractivity contribution >= 4 is 29.2 Å². The normalized spacial score (nSPS) is 10.4. The van der Waals surface area contributed by atoms with Gasteiger partial charge in [0.05, 0.1) is 5.69 Å². The molecule has 1 amide bonds. The minimum absolute atomic E-state index is 0.0805. The van der Waals surface area contributed by atoms with Gasteiger partial charge in [-0.15, -0.1) is 5.10 Å². The molecule has 4 N–H and O–H groups in total. The maximum Gasteiger partial charge on any atom is 0.358 e. The molecular weight excluding hydrogens is 298 g/mol. The average Bonchev–Trinajstić information content (AvgIpc) is 2.84. The third kappa shape index (κ3) is 3.56. The van der Waals surface area contributed by atoms with Crippen LogP contribution in [-0.4, -0.2) is 32.0 Å². The van der Waals surface area contributed by atoms with Crippen LogP contribution in [0.25, 0.3) is 0 Å². The summed E-state index contributed by atoms with van der Waals surface area (Å²) in [5.41, 5.74) is 5.97. The quantitative estimate of drug-likeness (QED) is 0.748. The van der Waals surface area contributed by atoms with E-state index in [0.717, 1.165) is 4.68 Å². The molecule has 0 fully saturated rings. The van der Waals surface area contributed by atoms with Crippen LogP contribution in [-0.2, 0) is 17.9 Å². The molecule has 0 aliphatic carbocycles. The Labute approximate surface area is 124 Å². The first-order valence-corrected chi connectivity index (χ1v) is 6.30. The maximum absolute atomic E-state index is 11.9.